The third-order valence-corrected chi connectivity index (χ3v) is 3.94. The van der Waals surface area contributed by atoms with Crippen LogP contribution in [0.4, 0.5) is 0 Å². The van der Waals surface area contributed by atoms with Crippen molar-refractivity contribution in [3.63, 3.8) is 0 Å². The van der Waals surface area contributed by atoms with E-state index in [4.69, 9.17) is 0 Å². The van der Waals surface area contributed by atoms with Gasteiger partial charge in [0.15, 0.2) is 0 Å². The summed E-state index contributed by atoms with van der Waals surface area (Å²) in [5.74, 6) is 3.51. The number of rotatable bonds is 0. The molecule has 4 aliphatic rings. The minimum atomic E-state index is 0.506. The van der Waals surface area contributed by atoms with E-state index in [9.17, 15) is 4.79 Å². The molecule has 4 saturated carbocycles. The highest BCUT2D eigenvalue weighted by atomic mass is 16.1. The molecule has 0 heterocycles. The zero-order valence-corrected chi connectivity index (χ0v) is 10.8. The Kier molecular flexibility index (Phi) is 4.82. The van der Waals surface area contributed by atoms with E-state index < -0.39 is 0 Å². The number of hydrogen-bond donors (Lipinski definition) is 0. The third kappa shape index (κ3) is 2.43. The minimum absolute atomic E-state index is 0.506. The fourth-order valence-electron chi connectivity index (χ4n) is 3.65. The molecule has 0 N–H and O–H groups in total. The van der Waals surface area contributed by atoms with E-state index in [0.717, 1.165) is 11.8 Å². The summed E-state index contributed by atoms with van der Waals surface area (Å²) >= 11 is 0. The number of hydrogen-bond acceptors (Lipinski definition) is 1. The van der Waals surface area contributed by atoms with Gasteiger partial charge in [-0.2, -0.15) is 0 Å². The third-order valence-electron chi connectivity index (χ3n) is 3.94. The summed E-state index contributed by atoms with van der Waals surface area (Å²) in [6.07, 6.45) is 6.41. The molecule has 1 heteroatoms. The molecule has 0 radical (unpaired) electrons. The highest BCUT2D eigenvalue weighted by molar-refractivity contribution is 5.85. The van der Waals surface area contributed by atoms with E-state index in [1.54, 1.807) is 0 Å². The van der Waals surface area contributed by atoms with Gasteiger partial charge in [0, 0.05) is 11.8 Å². The van der Waals surface area contributed by atoms with Crippen LogP contribution in [0.25, 0.3) is 0 Å². The summed E-state index contributed by atoms with van der Waals surface area (Å²) in [7, 11) is 0. The Morgan fingerprint density at radius 1 is 0.733 bits per heavy atom. The van der Waals surface area contributed by atoms with Gasteiger partial charge < -0.3 is 0 Å². The molecule has 0 aromatic rings. The molecule has 4 bridgehead atoms. The zero-order valence-electron chi connectivity index (χ0n) is 10.8. The summed E-state index contributed by atoms with van der Waals surface area (Å²) in [5.41, 5.74) is 0. The molecule has 0 aromatic carbocycles. The maximum atomic E-state index is 11.6. The highest BCUT2D eigenvalue weighted by Crippen LogP contribution is 2.51. The molecule has 0 saturated heterocycles. The second kappa shape index (κ2) is 5.67. The summed E-state index contributed by atoms with van der Waals surface area (Å²) in [6.45, 7) is 8.00. The molecule has 0 atom stereocenters. The van der Waals surface area contributed by atoms with Gasteiger partial charge in [0.25, 0.3) is 0 Å². The van der Waals surface area contributed by atoms with E-state index in [2.05, 4.69) is 0 Å². The fourth-order valence-corrected chi connectivity index (χ4v) is 3.65. The number of ketones is 1. The van der Waals surface area contributed by atoms with Crippen LogP contribution < -0.4 is 0 Å². The molecule has 88 valence electrons. The lowest BCUT2D eigenvalue weighted by atomic mass is 9.56. The van der Waals surface area contributed by atoms with Crippen LogP contribution in [0.15, 0.2) is 0 Å². The Balaban J connectivity index is 0.000000255. The van der Waals surface area contributed by atoms with E-state index in [0.29, 0.717) is 17.6 Å². The maximum absolute atomic E-state index is 11.6. The molecule has 4 rings (SSSR count). The molecule has 4 fully saturated rings. The normalized spacial score (nSPS) is 40.1. The van der Waals surface area contributed by atoms with E-state index in [-0.39, 0.29) is 0 Å². The van der Waals surface area contributed by atoms with Crippen LogP contribution >= 0.6 is 0 Å². The lowest BCUT2D eigenvalue weighted by Gasteiger charge is -2.48. The second-order valence-electron chi connectivity index (χ2n) is 4.71. The number of carbonyl (C=O) groups excluding carboxylic acids is 1. The van der Waals surface area contributed by atoms with Crippen molar-refractivity contribution < 1.29 is 4.79 Å². The summed E-state index contributed by atoms with van der Waals surface area (Å²) in [5, 5.41) is 0. The fraction of sp³-hybridized carbons (Fsp3) is 0.929. The van der Waals surface area contributed by atoms with Crippen molar-refractivity contribution in [1.82, 2.24) is 0 Å². The molecule has 0 unspecified atom stereocenters. The molecule has 1 nitrogen and oxygen atoms in total. The van der Waals surface area contributed by atoms with Crippen LogP contribution in [0.1, 0.15) is 59.8 Å². The van der Waals surface area contributed by atoms with Crippen LogP contribution in [0.3, 0.4) is 0 Å². The van der Waals surface area contributed by atoms with Crippen LogP contribution in [0.5, 0.6) is 0 Å². The standard InChI is InChI=1S/C10H14O.2C2H6/c11-10-8-2-6-1-7(4-8)5-9(10)3-6;2*1-2/h6-9H,1-5H2;2*1-2H3. The van der Waals surface area contributed by atoms with E-state index in [1.165, 1.54) is 32.1 Å². The first-order chi connectivity index (χ1) is 7.33. The smallest absolute Gasteiger partial charge is 0.139 e. The molecule has 4 aliphatic carbocycles. The summed E-state index contributed by atoms with van der Waals surface area (Å²) in [6, 6.07) is 0. The Hall–Kier alpha value is -0.330. The van der Waals surface area contributed by atoms with Gasteiger partial charge in [0.2, 0.25) is 0 Å². The first-order valence-corrected chi connectivity index (χ1v) is 6.86. The number of carbonyl (C=O) groups is 1. The Labute approximate surface area is 94.6 Å². The number of Topliss-reactive ketones (excluding diaryl/α,β-unsaturated/α-hetero) is 1. The lowest BCUT2D eigenvalue weighted by molar-refractivity contribution is -0.139. The van der Waals surface area contributed by atoms with Gasteiger partial charge in [-0.25, -0.2) is 0 Å². The SMILES string of the molecule is CC.CC.O=C1C2CC3CC(C2)CC1C3. The summed E-state index contributed by atoms with van der Waals surface area (Å²) < 4.78 is 0. The predicted octanol–water partition coefficient (Wildman–Crippen LogP) is 4.06. The molecular weight excluding hydrogens is 184 g/mol. The lowest BCUT2D eigenvalue weighted by Crippen LogP contribution is -2.45. The summed E-state index contributed by atoms with van der Waals surface area (Å²) in [4.78, 5) is 11.6. The molecule has 0 aromatic heterocycles. The Morgan fingerprint density at radius 2 is 1.07 bits per heavy atom. The predicted molar refractivity (Wildman–Crippen MR) is 64.7 cm³/mol. The van der Waals surface area contributed by atoms with Gasteiger partial charge in [-0.05, 0) is 43.9 Å². The van der Waals surface area contributed by atoms with Gasteiger partial charge in [0.1, 0.15) is 5.78 Å². The van der Waals surface area contributed by atoms with Crippen molar-refractivity contribution in [2.24, 2.45) is 23.7 Å². The van der Waals surface area contributed by atoms with Crippen molar-refractivity contribution >= 4 is 5.78 Å². The molecule has 0 amide bonds. The van der Waals surface area contributed by atoms with Crippen LogP contribution in [0, 0.1) is 23.7 Å². The van der Waals surface area contributed by atoms with Crippen LogP contribution in [-0.2, 0) is 4.79 Å². The molecule has 15 heavy (non-hydrogen) atoms. The van der Waals surface area contributed by atoms with Gasteiger partial charge in [0.05, 0.1) is 0 Å². The zero-order chi connectivity index (χ0) is 11.4. The van der Waals surface area contributed by atoms with E-state index in [1.807, 2.05) is 27.7 Å². The Morgan fingerprint density at radius 3 is 1.40 bits per heavy atom. The average Bonchev–Trinajstić information content (AvgIpc) is 2.30. The van der Waals surface area contributed by atoms with Crippen molar-refractivity contribution in [3.8, 4) is 0 Å². The van der Waals surface area contributed by atoms with Gasteiger partial charge in [-0.1, -0.05) is 27.7 Å². The second-order valence-corrected chi connectivity index (χ2v) is 4.71. The van der Waals surface area contributed by atoms with Crippen LogP contribution in [-0.4, -0.2) is 5.78 Å². The Bertz CT molecular complexity index is 177. The van der Waals surface area contributed by atoms with Crippen molar-refractivity contribution in [1.29, 1.82) is 0 Å². The monoisotopic (exact) mass is 210 g/mol. The largest absolute Gasteiger partial charge is 0.299 e. The van der Waals surface area contributed by atoms with Crippen LogP contribution in [0.2, 0.25) is 0 Å². The minimum Gasteiger partial charge on any atom is -0.299 e. The van der Waals surface area contributed by atoms with Crippen molar-refractivity contribution in [2.45, 2.75) is 59.8 Å². The molecule has 0 spiro atoms. The highest BCUT2D eigenvalue weighted by Gasteiger charge is 2.47. The van der Waals surface area contributed by atoms with Gasteiger partial charge >= 0.3 is 0 Å². The first-order valence-electron chi connectivity index (χ1n) is 6.86. The van der Waals surface area contributed by atoms with Crippen molar-refractivity contribution in [2.75, 3.05) is 0 Å². The van der Waals surface area contributed by atoms with E-state index >= 15 is 0 Å². The first kappa shape index (κ1) is 12.7. The van der Waals surface area contributed by atoms with Crippen molar-refractivity contribution in [3.05, 3.63) is 0 Å². The van der Waals surface area contributed by atoms with Gasteiger partial charge in [-0.15, -0.1) is 0 Å². The van der Waals surface area contributed by atoms with Gasteiger partial charge in [-0.3, -0.25) is 4.79 Å². The topological polar surface area (TPSA) is 17.1 Å². The maximum Gasteiger partial charge on any atom is 0.139 e. The molecular formula is C14H26O. The molecule has 0 aliphatic heterocycles. The quantitative estimate of drug-likeness (QED) is 0.589. The average molecular weight is 210 g/mol.